The molecule has 0 radical (unpaired) electrons. The van der Waals surface area contributed by atoms with E-state index in [2.05, 4.69) is 10.5 Å². The van der Waals surface area contributed by atoms with Gasteiger partial charge in [-0.3, -0.25) is 4.79 Å². The highest BCUT2D eigenvalue weighted by Gasteiger charge is 2.29. The second kappa shape index (κ2) is 5.61. The first-order valence-corrected chi connectivity index (χ1v) is 7.88. The number of fused-ring (bicyclic) bond motifs is 1. The molecule has 0 saturated heterocycles. The van der Waals surface area contributed by atoms with Crippen molar-refractivity contribution in [1.29, 1.82) is 0 Å². The van der Waals surface area contributed by atoms with Crippen LogP contribution in [0.15, 0.2) is 28.8 Å². The van der Waals surface area contributed by atoms with Crippen LogP contribution >= 0.6 is 0 Å². The molecule has 1 N–H and O–H groups in total. The zero-order chi connectivity index (χ0) is 15.8. The minimum Gasteiger partial charge on any atom is -0.486 e. The number of nitrogens with zero attached hydrogens (tertiary/aromatic N) is 1. The summed E-state index contributed by atoms with van der Waals surface area (Å²) < 4.78 is 16.3. The highest BCUT2D eigenvalue weighted by atomic mass is 16.6. The van der Waals surface area contributed by atoms with Crippen molar-refractivity contribution in [3.8, 4) is 11.5 Å². The summed E-state index contributed by atoms with van der Waals surface area (Å²) in [5.74, 6) is 2.47. The first-order chi connectivity index (χ1) is 11.2. The minimum atomic E-state index is -0.233. The van der Waals surface area contributed by atoms with Crippen LogP contribution in [0.3, 0.4) is 0 Å². The summed E-state index contributed by atoms with van der Waals surface area (Å²) in [5.41, 5.74) is 1.28. The molecule has 6 nitrogen and oxygen atoms in total. The molecule has 120 valence electrons. The molecule has 1 unspecified atom stereocenters. The van der Waals surface area contributed by atoms with E-state index in [4.69, 9.17) is 14.0 Å². The second-order valence-corrected chi connectivity index (χ2v) is 5.99. The Morgan fingerprint density at radius 3 is 2.78 bits per heavy atom. The number of hydrogen-bond donors (Lipinski definition) is 1. The Balaban J connectivity index is 1.45. The summed E-state index contributed by atoms with van der Waals surface area (Å²) in [6, 6.07) is 7.27. The lowest BCUT2D eigenvalue weighted by atomic mass is 10.1. The van der Waals surface area contributed by atoms with Crippen molar-refractivity contribution < 1.29 is 18.8 Å². The number of hydrogen-bond acceptors (Lipinski definition) is 5. The Morgan fingerprint density at radius 1 is 1.22 bits per heavy atom. The fourth-order valence-corrected chi connectivity index (χ4v) is 2.64. The predicted octanol–water partition coefficient (Wildman–Crippen LogP) is 2.81. The summed E-state index contributed by atoms with van der Waals surface area (Å²) in [5, 5.41) is 6.80. The number of ether oxygens (including phenoxy) is 2. The maximum absolute atomic E-state index is 12.3. The summed E-state index contributed by atoms with van der Waals surface area (Å²) in [6.07, 6.45) is 2.23. The lowest BCUT2D eigenvalue weighted by molar-refractivity contribution is 0.0930. The quantitative estimate of drug-likeness (QED) is 0.939. The predicted molar refractivity (Wildman–Crippen MR) is 81.8 cm³/mol. The number of rotatable bonds is 4. The van der Waals surface area contributed by atoms with Gasteiger partial charge in [-0.1, -0.05) is 11.2 Å². The number of carbonyl (C=O) groups is 1. The third-order valence-corrected chi connectivity index (χ3v) is 4.15. The molecule has 1 aromatic carbocycles. The van der Waals surface area contributed by atoms with Gasteiger partial charge in [-0.05, 0) is 37.5 Å². The van der Waals surface area contributed by atoms with E-state index < -0.39 is 0 Å². The molecule has 6 heteroatoms. The Morgan fingerprint density at radius 2 is 2.00 bits per heavy atom. The maximum Gasteiger partial charge on any atom is 0.273 e. The van der Waals surface area contributed by atoms with Gasteiger partial charge in [-0.25, -0.2) is 0 Å². The molecule has 0 bridgehead atoms. The maximum atomic E-state index is 12.3. The molecule has 1 atom stereocenters. The number of amides is 1. The van der Waals surface area contributed by atoms with Gasteiger partial charge in [0.2, 0.25) is 0 Å². The van der Waals surface area contributed by atoms with E-state index in [1.807, 2.05) is 25.1 Å². The van der Waals surface area contributed by atoms with Crippen molar-refractivity contribution in [3.63, 3.8) is 0 Å². The number of carbonyl (C=O) groups excluding carboxylic acids is 1. The van der Waals surface area contributed by atoms with Gasteiger partial charge in [0.1, 0.15) is 19.0 Å². The monoisotopic (exact) mass is 314 g/mol. The van der Waals surface area contributed by atoms with Crippen LogP contribution in [0.4, 0.5) is 0 Å². The summed E-state index contributed by atoms with van der Waals surface area (Å²) in [6.45, 7) is 3.03. The number of nitrogens with one attached hydrogen (secondary N) is 1. The van der Waals surface area contributed by atoms with E-state index in [0.29, 0.717) is 30.6 Å². The van der Waals surface area contributed by atoms with E-state index >= 15 is 0 Å². The highest BCUT2D eigenvalue weighted by Crippen LogP contribution is 2.40. The van der Waals surface area contributed by atoms with Crippen molar-refractivity contribution in [2.75, 3.05) is 13.2 Å². The van der Waals surface area contributed by atoms with E-state index in [1.165, 1.54) is 0 Å². The number of benzene rings is 1. The normalized spacial score (nSPS) is 17.6. The standard InChI is InChI=1S/C17H18N2O4/c1-10(12-4-5-14-16(8-12)22-7-6-21-14)18-17(20)13-9-15(23-19-13)11-2-3-11/h4-5,8-11H,2-3,6-7H2,1H3,(H,18,20). The van der Waals surface area contributed by atoms with Crippen molar-refractivity contribution in [3.05, 3.63) is 41.3 Å². The lowest BCUT2D eigenvalue weighted by Gasteiger charge is -2.20. The van der Waals surface area contributed by atoms with Gasteiger partial charge in [0.25, 0.3) is 5.91 Å². The molecule has 4 rings (SSSR count). The van der Waals surface area contributed by atoms with Crippen LogP contribution in [0.1, 0.15) is 53.5 Å². The largest absolute Gasteiger partial charge is 0.486 e. The van der Waals surface area contributed by atoms with Crippen LogP contribution in [0.5, 0.6) is 11.5 Å². The fourth-order valence-electron chi connectivity index (χ4n) is 2.64. The molecule has 2 heterocycles. The highest BCUT2D eigenvalue weighted by molar-refractivity contribution is 5.92. The Bertz CT molecular complexity index is 736. The molecule has 1 fully saturated rings. The van der Waals surface area contributed by atoms with E-state index in [-0.39, 0.29) is 11.9 Å². The van der Waals surface area contributed by atoms with Gasteiger partial charge in [-0.15, -0.1) is 0 Å². The van der Waals surface area contributed by atoms with Crippen LogP contribution in [0.25, 0.3) is 0 Å². The topological polar surface area (TPSA) is 73.6 Å². The van der Waals surface area contributed by atoms with Crippen LogP contribution in [-0.2, 0) is 0 Å². The number of aromatic nitrogens is 1. The fraction of sp³-hybridized carbons (Fsp3) is 0.412. The molecular formula is C17H18N2O4. The van der Waals surface area contributed by atoms with Crippen molar-refractivity contribution in [2.45, 2.75) is 31.7 Å². The summed E-state index contributed by atoms with van der Waals surface area (Å²) in [7, 11) is 0. The SMILES string of the molecule is CC(NC(=O)c1cc(C2CC2)on1)c1ccc2c(c1)OCCO2. The van der Waals surface area contributed by atoms with Crippen LogP contribution in [-0.4, -0.2) is 24.3 Å². The molecule has 23 heavy (non-hydrogen) atoms. The molecule has 1 aliphatic carbocycles. The van der Waals surface area contributed by atoms with Crippen LogP contribution in [0, 0.1) is 0 Å². The molecule has 1 aliphatic heterocycles. The van der Waals surface area contributed by atoms with E-state index in [9.17, 15) is 4.79 Å². The molecule has 2 aliphatic rings. The van der Waals surface area contributed by atoms with Crippen molar-refractivity contribution in [1.82, 2.24) is 10.5 Å². The van der Waals surface area contributed by atoms with Gasteiger partial charge in [0, 0.05) is 12.0 Å². The molecule has 2 aromatic rings. The first-order valence-electron chi connectivity index (χ1n) is 7.88. The summed E-state index contributed by atoms with van der Waals surface area (Å²) >= 11 is 0. The van der Waals surface area contributed by atoms with E-state index in [1.54, 1.807) is 6.07 Å². The second-order valence-electron chi connectivity index (χ2n) is 5.99. The average molecular weight is 314 g/mol. The molecule has 0 spiro atoms. The van der Waals surface area contributed by atoms with Gasteiger partial charge in [-0.2, -0.15) is 0 Å². The van der Waals surface area contributed by atoms with Crippen LogP contribution in [0.2, 0.25) is 0 Å². The van der Waals surface area contributed by atoms with Crippen molar-refractivity contribution in [2.24, 2.45) is 0 Å². The smallest absolute Gasteiger partial charge is 0.273 e. The van der Waals surface area contributed by atoms with Gasteiger partial charge < -0.3 is 19.3 Å². The minimum absolute atomic E-state index is 0.167. The molecule has 1 amide bonds. The lowest BCUT2D eigenvalue weighted by Crippen LogP contribution is -2.27. The third kappa shape index (κ3) is 2.88. The van der Waals surface area contributed by atoms with E-state index in [0.717, 1.165) is 29.9 Å². The van der Waals surface area contributed by atoms with Crippen molar-refractivity contribution >= 4 is 5.91 Å². The Labute approximate surface area is 133 Å². The van der Waals surface area contributed by atoms with Gasteiger partial charge >= 0.3 is 0 Å². The Hall–Kier alpha value is -2.50. The third-order valence-electron chi connectivity index (χ3n) is 4.15. The molecule has 1 saturated carbocycles. The van der Waals surface area contributed by atoms with Gasteiger partial charge in [0.05, 0.1) is 6.04 Å². The average Bonchev–Trinajstić information content (AvgIpc) is 3.31. The Kier molecular flexibility index (Phi) is 3.44. The first kappa shape index (κ1) is 14.1. The van der Waals surface area contributed by atoms with Crippen LogP contribution < -0.4 is 14.8 Å². The molecule has 1 aromatic heterocycles. The zero-order valence-corrected chi connectivity index (χ0v) is 12.9. The zero-order valence-electron chi connectivity index (χ0n) is 12.9. The summed E-state index contributed by atoms with van der Waals surface area (Å²) in [4.78, 5) is 12.3. The van der Waals surface area contributed by atoms with Gasteiger partial charge in [0.15, 0.2) is 17.2 Å². The molecular weight excluding hydrogens is 296 g/mol.